The second kappa shape index (κ2) is 9.46. The minimum atomic E-state index is -0.597. The Morgan fingerprint density at radius 1 is 1.31 bits per heavy atom. The molecule has 1 heterocycles. The van der Waals surface area contributed by atoms with Crippen LogP contribution in [0.4, 0.5) is 0 Å². The monoisotopic (exact) mass is 404 g/mol. The number of hydrogen-bond donors (Lipinski definition) is 1. The molecule has 162 valence electrons. The van der Waals surface area contributed by atoms with Gasteiger partial charge >= 0.3 is 11.9 Å². The Morgan fingerprint density at radius 3 is 2.76 bits per heavy atom. The Labute approximate surface area is 174 Å². The van der Waals surface area contributed by atoms with Crippen molar-refractivity contribution >= 4 is 11.9 Å². The van der Waals surface area contributed by atoms with Crippen LogP contribution in [0.2, 0.25) is 0 Å². The molecule has 0 bridgehead atoms. The van der Waals surface area contributed by atoms with Gasteiger partial charge in [-0.1, -0.05) is 45.9 Å². The fourth-order valence-electron chi connectivity index (χ4n) is 5.07. The van der Waals surface area contributed by atoms with Crippen LogP contribution in [0.25, 0.3) is 0 Å². The van der Waals surface area contributed by atoms with E-state index in [0.29, 0.717) is 24.2 Å². The first-order valence-corrected chi connectivity index (χ1v) is 11.3. The third-order valence-electron chi connectivity index (χ3n) is 6.93. The summed E-state index contributed by atoms with van der Waals surface area (Å²) in [6, 6.07) is 0. The van der Waals surface area contributed by atoms with Gasteiger partial charge < -0.3 is 14.6 Å². The van der Waals surface area contributed by atoms with Crippen molar-refractivity contribution < 1.29 is 24.2 Å². The lowest BCUT2D eigenvalue weighted by Gasteiger charge is -2.43. The van der Waals surface area contributed by atoms with E-state index in [1.165, 1.54) is 5.57 Å². The first kappa shape index (κ1) is 22.1. The van der Waals surface area contributed by atoms with Gasteiger partial charge in [0.2, 0.25) is 0 Å². The van der Waals surface area contributed by atoms with Crippen LogP contribution in [0.3, 0.4) is 0 Å². The number of hydrogen-bond acceptors (Lipinski definition) is 5. The molecular formula is C24H36O5. The second-order valence-electron chi connectivity index (χ2n) is 9.36. The summed E-state index contributed by atoms with van der Waals surface area (Å²) in [5.74, 6) is 0.755. The molecule has 0 aromatic rings. The molecule has 0 unspecified atom stereocenters. The zero-order valence-corrected chi connectivity index (χ0v) is 18.2. The summed E-state index contributed by atoms with van der Waals surface area (Å²) in [4.78, 5) is 24.2. The fraction of sp³-hybridized carbons (Fsp3) is 0.750. The number of ether oxygens (including phenoxy) is 2. The lowest BCUT2D eigenvalue weighted by atomic mass is 9.65. The number of aliphatic hydroxyl groups is 1. The van der Waals surface area contributed by atoms with Crippen LogP contribution in [-0.2, 0) is 19.1 Å². The second-order valence-corrected chi connectivity index (χ2v) is 9.36. The highest BCUT2D eigenvalue weighted by Crippen LogP contribution is 2.45. The lowest BCUT2D eigenvalue weighted by molar-refractivity contribution is -0.162. The zero-order valence-electron chi connectivity index (χ0n) is 18.2. The van der Waals surface area contributed by atoms with Gasteiger partial charge in [-0.25, -0.2) is 0 Å². The average molecular weight is 405 g/mol. The van der Waals surface area contributed by atoms with E-state index in [0.717, 1.165) is 25.7 Å². The summed E-state index contributed by atoms with van der Waals surface area (Å²) in [6.45, 7) is 8.33. The molecule has 1 aliphatic heterocycles. The van der Waals surface area contributed by atoms with E-state index in [9.17, 15) is 14.7 Å². The summed E-state index contributed by atoms with van der Waals surface area (Å²) in [5.41, 5.74) is 1.27. The standard InChI is InChI=1S/C24H36O5/c1-5-15(3)24(27)29-21-11-14(2)10-17-7-6-16(4)20(23(17)21)9-8-19-12-18(25)13-22(26)28-19/h6-7,10,14-16,18-21,23,25H,5,8-9,11-13H2,1-4H3/t14-,15-,16-,18+,19-,20-,21-,23+/m0/s1. The van der Waals surface area contributed by atoms with Crippen molar-refractivity contribution in [2.75, 3.05) is 0 Å². The summed E-state index contributed by atoms with van der Waals surface area (Å²) >= 11 is 0. The predicted octanol–water partition coefficient (Wildman–Crippen LogP) is 4.20. The number of rotatable bonds is 6. The van der Waals surface area contributed by atoms with E-state index in [1.807, 2.05) is 13.8 Å². The smallest absolute Gasteiger partial charge is 0.308 e. The topological polar surface area (TPSA) is 72.8 Å². The molecule has 3 aliphatic rings. The van der Waals surface area contributed by atoms with Crippen molar-refractivity contribution in [1.82, 2.24) is 0 Å². The van der Waals surface area contributed by atoms with Crippen LogP contribution in [-0.4, -0.2) is 35.4 Å². The van der Waals surface area contributed by atoms with Crippen LogP contribution in [0, 0.1) is 29.6 Å². The van der Waals surface area contributed by atoms with E-state index in [4.69, 9.17) is 9.47 Å². The molecule has 3 rings (SSSR count). The van der Waals surface area contributed by atoms with Gasteiger partial charge in [0.1, 0.15) is 12.2 Å². The molecule has 2 aliphatic carbocycles. The first-order valence-electron chi connectivity index (χ1n) is 11.3. The maximum Gasteiger partial charge on any atom is 0.308 e. The Hall–Kier alpha value is -1.62. The van der Waals surface area contributed by atoms with Crippen molar-refractivity contribution in [1.29, 1.82) is 0 Å². The van der Waals surface area contributed by atoms with Crippen molar-refractivity contribution in [3.63, 3.8) is 0 Å². The number of esters is 2. The number of fused-ring (bicyclic) bond motifs is 1. The van der Waals surface area contributed by atoms with Gasteiger partial charge in [-0.15, -0.1) is 0 Å². The minimum absolute atomic E-state index is 0.0854. The molecule has 0 spiro atoms. The summed E-state index contributed by atoms with van der Waals surface area (Å²) in [6.07, 6.45) is 9.70. The fourth-order valence-corrected chi connectivity index (χ4v) is 5.07. The van der Waals surface area contributed by atoms with Gasteiger partial charge in [0, 0.05) is 12.3 Å². The molecule has 5 heteroatoms. The van der Waals surface area contributed by atoms with Crippen LogP contribution in [0.15, 0.2) is 23.8 Å². The van der Waals surface area contributed by atoms with Crippen LogP contribution in [0.5, 0.6) is 0 Å². The number of carbonyl (C=O) groups excluding carboxylic acids is 2. The van der Waals surface area contributed by atoms with Gasteiger partial charge in [-0.3, -0.25) is 9.59 Å². The molecule has 8 atom stereocenters. The van der Waals surface area contributed by atoms with Gasteiger partial charge in [0.05, 0.1) is 18.4 Å². The number of cyclic esters (lactones) is 1. The van der Waals surface area contributed by atoms with Crippen molar-refractivity contribution in [3.05, 3.63) is 23.8 Å². The van der Waals surface area contributed by atoms with Crippen LogP contribution in [0.1, 0.15) is 66.2 Å². The first-order chi connectivity index (χ1) is 13.8. The number of allylic oxidation sites excluding steroid dienone is 3. The summed E-state index contributed by atoms with van der Waals surface area (Å²) in [5, 5.41) is 9.89. The minimum Gasteiger partial charge on any atom is -0.462 e. The Bertz CT molecular complexity index is 666. The van der Waals surface area contributed by atoms with Crippen molar-refractivity contribution in [2.24, 2.45) is 29.6 Å². The summed E-state index contributed by atoms with van der Waals surface area (Å²) in [7, 11) is 0. The van der Waals surface area contributed by atoms with E-state index in [1.54, 1.807) is 0 Å². The number of aliphatic hydroxyl groups excluding tert-OH is 1. The van der Waals surface area contributed by atoms with Crippen LogP contribution >= 0.6 is 0 Å². The van der Waals surface area contributed by atoms with E-state index >= 15 is 0 Å². The SMILES string of the molecule is CC[C@H](C)C(=O)O[C@H]1C[C@@H](C)C=C2C=C[C@H](C)[C@H](CC[C@H]3C[C@@H](O)CC(=O)O3)[C@@H]21. The molecule has 0 amide bonds. The van der Waals surface area contributed by atoms with Gasteiger partial charge in [-0.2, -0.15) is 0 Å². The highest BCUT2D eigenvalue weighted by Gasteiger charge is 2.42. The third kappa shape index (κ3) is 5.30. The molecule has 0 radical (unpaired) electrons. The highest BCUT2D eigenvalue weighted by molar-refractivity contribution is 5.72. The Kier molecular flexibility index (Phi) is 7.20. The molecule has 1 N–H and O–H groups in total. The predicted molar refractivity (Wildman–Crippen MR) is 111 cm³/mol. The van der Waals surface area contributed by atoms with Gasteiger partial charge in [0.25, 0.3) is 0 Å². The Balaban J connectivity index is 1.74. The zero-order chi connectivity index (χ0) is 21.1. The van der Waals surface area contributed by atoms with E-state index in [-0.39, 0.29) is 42.4 Å². The van der Waals surface area contributed by atoms with Crippen molar-refractivity contribution in [2.45, 2.75) is 84.5 Å². The molecule has 1 fully saturated rings. The Morgan fingerprint density at radius 2 is 2.07 bits per heavy atom. The number of carbonyl (C=O) groups is 2. The van der Waals surface area contributed by atoms with E-state index < -0.39 is 6.10 Å². The highest BCUT2D eigenvalue weighted by atomic mass is 16.5. The molecule has 1 saturated heterocycles. The quantitative estimate of drug-likeness (QED) is 0.672. The van der Waals surface area contributed by atoms with E-state index in [2.05, 4.69) is 32.1 Å². The molecule has 0 aromatic carbocycles. The molecule has 0 saturated carbocycles. The maximum absolute atomic E-state index is 12.5. The molecule has 0 aromatic heterocycles. The largest absolute Gasteiger partial charge is 0.462 e. The maximum atomic E-state index is 12.5. The lowest BCUT2D eigenvalue weighted by Crippen LogP contribution is -2.42. The molecular weight excluding hydrogens is 368 g/mol. The van der Waals surface area contributed by atoms with Gasteiger partial charge in [-0.05, 0) is 49.0 Å². The summed E-state index contributed by atoms with van der Waals surface area (Å²) < 4.78 is 11.5. The average Bonchev–Trinajstić information content (AvgIpc) is 2.65. The normalized spacial score (nSPS) is 37.9. The van der Waals surface area contributed by atoms with Gasteiger partial charge in [0.15, 0.2) is 0 Å². The molecule has 29 heavy (non-hydrogen) atoms. The van der Waals surface area contributed by atoms with Crippen molar-refractivity contribution in [3.8, 4) is 0 Å². The molecule has 5 nitrogen and oxygen atoms in total. The third-order valence-corrected chi connectivity index (χ3v) is 6.93. The van der Waals surface area contributed by atoms with Crippen LogP contribution < -0.4 is 0 Å².